The topological polar surface area (TPSA) is 57.6 Å². The minimum Gasteiger partial charge on any atom is -0.502 e. The third-order valence-electron chi connectivity index (χ3n) is 4.20. The van der Waals surface area contributed by atoms with Crippen LogP contribution < -0.4 is 4.90 Å². The molecule has 0 saturated heterocycles. The molecular formula is C20H12FNO3. The lowest BCUT2D eigenvalue weighted by Crippen LogP contribution is -2.31. The number of aliphatic hydroxyl groups excluding tert-OH is 1. The van der Waals surface area contributed by atoms with Crippen molar-refractivity contribution in [2.45, 2.75) is 0 Å². The number of amides is 2. The zero-order valence-corrected chi connectivity index (χ0v) is 12.9. The highest BCUT2D eigenvalue weighted by Gasteiger charge is 2.40. The van der Waals surface area contributed by atoms with Gasteiger partial charge in [0.15, 0.2) is 5.76 Å². The normalized spacial score (nSPS) is 14.7. The van der Waals surface area contributed by atoms with Crippen molar-refractivity contribution in [1.82, 2.24) is 0 Å². The monoisotopic (exact) mass is 333 g/mol. The molecule has 0 aliphatic carbocycles. The molecule has 0 unspecified atom stereocenters. The highest BCUT2D eigenvalue weighted by molar-refractivity contribution is 6.45. The molecule has 0 radical (unpaired) electrons. The molecule has 0 fully saturated rings. The van der Waals surface area contributed by atoms with Crippen LogP contribution in [-0.4, -0.2) is 16.9 Å². The summed E-state index contributed by atoms with van der Waals surface area (Å²) in [6, 6.07) is 17.7. The Balaban J connectivity index is 1.85. The summed E-state index contributed by atoms with van der Waals surface area (Å²) in [5.41, 5.74) is 0.565. The number of hydrogen-bond donors (Lipinski definition) is 1. The summed E-state index contributed by atoms with van der Waals surface area (Å²) < 4.78 is 13.1. The minimum atomic E-state index is -0.791. The largest absolute Gasteiger partial charge is 0.502 e. The third kappa shape index (κ3) is 2.29. The van der Waals surface area contributed by atoms with Gasteiger partial charge in [0, 0.05) is 5.39 Å². The molecule has 0 atom stereocenters. The zero-order chi connectivity index (χ0) is 17.6. The van der Waals surface area contributed by atoms with Gasteiger partial charge in [-0.3, -0.25) is 9.59 Å². The first-order chi connectivity index (χ1) is 12.1. The summed E-state index contributed by atoms with van der Waals surface area (Å²) in [7, 11) is 0. The van der Waals surface area contributed by atoms with Crippen LogP contribution in [0, 0.1) is 5.82 Å². The predicted octanol–water partition coefficient (Wildman–Crippen LogP) is 3.82. The fourth-order valence-corrected chi connectivity index (χ4v) is 3.02. The van der Waals surface area contributed by atoms with Gasteiger partial charge >= 0.3 is 5.91 Å². The molecule has 4 nitrogen and oxygen atoms in total. The van der Waals surface area contributed by atoms with E-state index < -0.39 is 23.4 Å². The molecule has 0 bridgehead atoms. The molecule has 1 heterocycles. The lowest BCUT2D eigenvalue weighted by Gasteiger charge is -2.17. The number of nitrogens with zero attached hydrogens (tertiary/aromatic N) is 1. The van der Waals surface area contributed by atoms with E-state index in [1.165, 1.54) is 24.3 Å². The van der Waals surface area contributed by atoms with Crippen LogP contribution in [0.2, 0.25) is 0 Å². The molecule has 5 heteroatoms. The van der Waals surface area contributed by atoms with Crippen LogP contribution in [0.1, 0.15) is 5.56 Å². The highest BCUT2D eigenvalue weighted by atomic mass is 19.1. The molecule has 0 aromatic heterocycles. The molecule has 1 aliphatic rings. The number of benzene rings is 3. The lowest BCUT2D eigenvalue weighted by molar-refractivity contribution is -0.121. The van der Waals surface area contributed by atoms with Gasteiger partial charge in [0.25, 0.3) is 5.91 Å². The molecule has 3 aromatic rings. The summed E-state index contributed by atoms with van der Waals surface area (Å²) >= 11 is 0. The Kier molecular flexibility index (Phi) is 3.35. The van der Waals surface area contributed by atoms with Crippen molar-refractivity contribution in [2.75, 3.05) is 4.90 Å². The summed E-state index contributed by atoms with van der Waals surface area (Å²) in [6.07, 6.45) is 0. The molecule has 1 aliphatic heterocycles. The van der Waals surface area contributed by atoms with Crippen molar-refractivity contribution < 1.29 is 19.1 Å². The van der Waals surface area contributed by atoms with Crippen LogP contribution in [-0.2, 0) is 9.59 Å². The first kappa shape index (κ1) is 15.1. The maximum absolute atomic E-state index is 13.1. The summed E-state index contributed by atoms with van der Waals surface area (Å²) in [5.74, 6) is -2.53. The van der Waals surface area contributed by atoms with Gasteiger partial charge < -0.3 is 5.11 Å². The Labute approximate surface area is 142 Å². The van der Waals surface area contributed by atoms with E-state index in [0.717, 1.165) is 15.7 Å². The van der Waals surface area contributed by atoms with E-state index in [-0.39, 0.29) is 5.57 Å². The smallest absolute Gasteiger partial charge is 0.301 e. The fourth-order valence-electron chi connectivity index (χ4n) is 3.02. The Hall–Kier alpha value is -3.47. The number of rotatable bonds is 2. The van der Waals surface area contributed by atoms with Gasteiger partial charge in [-0.25, -0.2) is 9.29 Å². The van der Waals surface area contributed by atoms with Gasteiger partial charge in [-0.15, -0.1) is 0 Å². The average Bonchev–Trinajstić information content (AvgIpc) is 2.85. The summed E-state index contributed by atoms with van der Waals surface area (Å²) in [5, 5.41) is 11.8. The molecule has 0 saturated carbocycles. The zero-order valence-electron chi connectivity index (χ0n) is 12.9. The van der Waals surface area contributed by atoms with Crippen molar-refractivity contribution in [1.29, 1.82) is 0 Å². The number of imide groups is 1. The molecule has 3 aromatic carbocycles. The van der Waals surface area contributed by atoms with Crippen LogP contribution >= 0.6 is 0 Å². The average molecular weight is 333 g/mol. The van der Waals surface area contributed by atoms with Crippen LogP contribution in [0.3, 0.4) is 0 Å². The van der Waals surface area contributed by atoms with Crippen molar-refractivity contribution in [3.63, 3.8) is 0 Å². The number of carbonyl (C=O) groups excluding carboxylic acids is 2. The van der Waals surface area contributed by atoms with Gasteiger partial charge in [-0.05, 0) is 29.1 Å². The van der Waals surface area contributed by atoms with Gasteiger partial charge in [-0.2, -0.15) is 0 Å². The molecular weight excluding hydrogens is 321 g/mol. The second kappa shape index (κ2) is 5.56. The van der Waals surface area contributed by atoms with Crippen molar-refractivity contribution in [3.8, 4) is 0 Å². The fraction of sp³-hybridized carbons (Fsp3) is 0. The molecule has 1 N–H and O–H groups in total. The summed E-state index contributed by atoms with van der Waals surface area (Å²) in [6.45, 7) is 0. The molecule has 4 rings (SSSR count). The van der Waals surface area contributed by atoms with E-state index in [4.69, 9.17) is 0 Å². The van der Waals surface area contributed by atoms with Crippen LogP contribution in [0.4, 0.5) is 10.1 Å². The number of anilines is 1. The second-order valence-electron chi connectivity index (χ2n) is 5.67. The molecule has 0 spiro atoms. The Morgan fingerprint density at radius 2 is 1.48 bits per heavy atom. The van der Waals surface area contributed by atoms with Crippen LogP contribution in [0.25, 0.3) is 16.3 Å². The number of carbonyl (C=O) groups is 2. The third-order valence-corrected chi connectivity index (χ3v) is 4.20. The van der Waals surface area contributed by atoms with E-state index in [1.807, 2.05) is 24.3 Å². The van der Waals surface area contributed by atoms with Gasteiger partial charge in [0.2, 0.25) is 0 Å². The first-order valence-corrected chi connectivity index (χ1v) is 7.63. The van der Waals surface area contributed by atoms with Crippen molar-refractivity contribution >= 4 is 33.8 Å². The maximum Gasteiger partial charge on any atom is 0.301 e. The molecule has 122 valence electrons. The Morgan fingerprint density at radius 1 is 0.800 bits per heavy atom. The van der Waals surface area contributed by atoms with Gasteiger partial charge in [0.1, 0.15) is 5.82 Å². The Morgan fingerprint density at radius 3 is 2.24 bits per heavy atom. The van der Waals surface area contributed by atoms with Crippen LogP contribution in [0.5, 0.6) is 0 Å². The van der Waals surface area contributed by atoms with Crippen molar-refractivity contribution in [3.05, 3.63) is 83.9 Å². The standard InChI is InChI=1S/C20H12FNO3/c21-14-10-8-13(9-11-14)17-18(23)20(25)22(19(17)24)16-7-3-5-12-4-1-2-6-15(12)16/h1-11,23H. The van der Waals surface area contributed by atoms with E-state index in [2.05, 4.69) is 0 Å². The SMILES string of the molecule is O=C1C(O)=C(c2ccc(F)cc2)C(=O)N1c1cccc2ccccc12. The highest BCUT2D eigenvalue weighted by Crippen LogP contribution is 2.35. The maximum atomic E-state index is 13.1. The van der Waals surface area contributed by atoms with Gasteiger partial charge in [0.05, 0.1) is 11.3 Å². The second-order valence-corrected chi connectivity index (χ2v) is 5.67. The van der Waals surface area contributed by atoms with Gasteiger partial charge in [-0.1, -0.05) is 48.5 Å². The van der Waals surface area contributed by atoms with Crippen molar-refractivity contribution in [2.24, 2.45) is 0 Å². The first-order valence-electron chi connectivity index (χ1n) is 7.63. The quantitative estimate of drug-likeness (QED) is 0.725. The van der Waals surface area contributed by atoms with E-state index in [9.17, 15) is 19.1 Å². The Bertz CT molecular complexity index is 1050. The lowest BCUT2D eigenvalue weighted by atomic mass is 10.1. The van der Waals surface area contributed by atoms with E-state index >= 15 is 0 Å². The number of halogens is 1. The van der Waals surface area contributed by atoms with E-state index in [0.29, 0.717) is 11.3 Å². The molecule has 2 amide bonds. The number of hydrogen-bond acceptors (Lipinski definition) is 3. The summed E-state index contributed by atoms with van der Waals surface area (Å²) in [4.78, 5) is 26.3. The number of fused-ring (bicyclic) bond motifs is 1. The van der Waals surface area contributed by atoms with Crippen LogP contribution in [0.15, 0.2) is 72.5 Å². The number of aliphatic hydroxyl groups is 1. The molecule has 25 heavy (non-hydrogen) atoms. The minimum absolute atomic E-state index is 0.127. The predicted molar refractivity (Wildman–Crippen MR) is 92.4 cm³/mol. The van der Waals surface area contributed by atoms with E-state index in [1.54, 1.807) is 18.2 Å².